The summed E-state index contributed by atoms with van der Waals surface area (Å²) in [6.45, 7) is 4.71. The van der Waals surface area contributed by atoms with Crippen molar-refractivity contribution in [2.24, 2.45) is 0 Å². The van der Waals surface area contributed by atoms with Crippen molar-refractivity contribution in [1.82, 2.24) is 0 Å². The van der Waals surface area contributed by atoms with Crippen molar-refractivity contribution in [1.29, 1.82) is 0 Å². The number of nitrogens with zero attached hydrogens (tertiary/aromatic N) is 1. The van der Waals surface area contributed by atoms with Gasteiger partial charge in [-0.15, -0.1) is 0 Å². The third-order valence-electron chi connectivity index (χ3n) is 11.1. The Morgan fingerprint density at radius 3 is 1.72 bits per heavy atom. The highest BCUT2D eigenvalue weighted by molar-refractivity contribution is 5.91. The second-order valence-corrected chi connectivity index (χ2v) is 14.4. The molecule has 0 radical (unpaired) electrons. The first-order chi connectivity index (χ1) is 24.5. The molecule has 0 spiro atoms. The van der Waals surface area contributed by atoms with Crippen molar-refractivity contribution in [3.05, 3.63) is 186 Å². The molecule has 7 aromatic carbocycles. The average molecular weight is 644 g/mol. The van der Waals surface area contributed by atoms with Crippen molar-refractivity contribution >= 4 is 17.1 Å². The predicted octanol–water partition coefficient (Wildman–Crippen LogP) is 13.3. The van der Waals surface area contributed by atoms with E-state index in [0.29, 0.717) is 0 Å². The van der Waals surface area contributed by atoms with Crippen molar-refractivity contribution in [3.63, 3.8) is 0 Å². The number of hydrogen-bond donors (Lipinski definition) is 0. The van der Waals surface area contributed by atoms with E-state index >= 15 is 0 Å². The van der Waals surface area contributed by atoms with Gasteiger partial charge in [-0.1, -0.05) is 147 Å². The normalized spacial score (nSPS) is 14.0. The molecule has 0 heterocycles. The van der Waals surface area contributed by atoms with Gasteiger partial charge in [0.25, 0.3) is 0 Å². The molecule has 0 saturated heterocycles. The van der Waals surface area contributed by atoms with Crippen LogP contribution in [0.4, 0.5) is 17.1 Å². The predicted molar refractivity (Wildman–Crippen MR) is 212 cm³/mol. The van der Waals surface area contributed by atoms with Crippen LogP contribution in [-0.4, -0.2) is 0 Å². The fourth-order valence-electron chi connectivity index (χ4n) is 8.36. The number of benzene rings is 7. The van der Waals surface area contributed by atoms with E-state index in [0.717, 1.165) is 17.1 Å². The van der Waals surface area contributed by atoms with Crippen LogP contribution in [0.25, 0.3) is 44.5 Å². The molecule has 0 saturated carbocycles. The molecule has 0 aromatic heterocycles. The van der Waals surface area contributed by atoms with Crippen LogP contribution in [0.5, 0.6) is 0 Å². The number of fused-ring (bicyclic) bond motifs is 4. The van der Waals surface area contributed by atoms with Crippen LogP contribution in [0.15, 0.2) is 164 Å². The molecule has 9 rings (SSSR count). The summed E-state index contributed by atoms with van der Waals surface area (Å²) >= 11 is 0. The minimum atomic E-state index is -0.0817. The molecule has 0 bridgehead atoms. The Morgan fingerprint density at radius 1 is 0.400 bits per heavy atom. The van der Waals surface area contributed by atoms with Gasteiger partial charge < -0.3 is 4.90 Å². The summed E-state index contributed by atoms with van der Waals surface area (Å²) in [5, 5.41) is 0. The van der Waals surface area contributed by atoms with E-state index in [1.165, 1.54) is 92.4 Å². The first-order valence-electron chi connectivity index (χ1n) is 18.1. The van der Waals surface area contributed by atoms with Crippen molar-refractivity contribution in [2.45, 2.75) is 44.9 Å². The number of anilines is 3. The number of aryl methyl sites for hydroxylation is 2. The molecule has 0 atom stereocenters. The Hall–Kier alpha value is -5.66. The summed E-state index contributed by atoms with van der Waals surface area (Å²) in [5.74, 6) is 0. The van der Waals surface area contributed by atoms with E-state index in [2.05, 4.69) is 183 Å². The molecule has 0 unspecified atom stereocenters. The lowest BCUT2D eigenvalue weighted by Crippen LogP contribution is -2.16. The first kappa shape index (κ1) is 30.4. The van der Waals surface area contributed by atoms with Gasteiger partial charge in [-0.25, -0.2) is 0 Å². The maximum absolute atomic E-state index is 2.44. The summed E-state index contributed by atoms with van der Waals surface area (Å²) in [4.78, 5) is 2.44. The molecular weight excluding hydrogens is 603 g/mol. The Kier molecular flexibility index (Phi) is 7.50. The Morgan fingerprint density at radius 2 is 0.960 bits per heavy atom. The minimum absolute atomic E-state index is 0.0817. The fraction of sp³-hybridized carbons (Fsp3) is 0.143. The van der Waals surface area contributed by atoms with Crippen LogP contribution in [0.3, 0.4) is 0 Å². The van der Waals surface area contributed by atoms with Gasteiger partial charge in [-0.2, -0.15) is 0 Å². The average Bonchev–Trinajstić information content (AvgIpc) is 3.41. The molecule has 50 heavy (non-hydrogen) atoms. The molecule has 7 aromatic rings. The lowest BCUT2D eigenvalue weighted by Gasteiger charge is -2.30. The van der Waals surface area contributed by atoms with Crippen molar-refractivity contribution in [2.75, 3.05) is 4.90 Å². The highest BCUT2D eigenvalue weighted by Crippen LogP contribution is 2.51. The maximum Gasteiger partial charge on any atom is 0.0540 e. The van der Waals surface area contributed by atoms with E-state index in [1.807, 2.05) is 0 Å². The standard InChI is InChI=1S/C49H41N/c1-49(2)46-18-10-8-17-44(46)45-31-30-42(33-47(45)49)50(48-19-11-9-16-43(48)38-13-4-3-5-14-38)41-28-26-36(27-29-41)35-20-22-37(23-21-35)40-25-24-34-12-6-7-15-39(34)32-40/h3-5,8-11,13-14,16-33H,6-7,12,15H2,1-2H3. The fourth-order valence-corrected chi connectivity index (χ4v) is 8.36. The molecule has 0 fully saturated rings. The lowest BCUT2D eigenvalue weighted by atomic mass is 9.82. The highest BCUT2D eigenvalue weighted by Gasteiger charge is 2.35. The second kappa shape index (κ2) is 12.3. The van der Waals surface area contributed by atoms with Gasteiger partial charge in [-0.05, 0) is 117 Å². The van der Waals surface area contributed by atoms with Gasteiger partial charge in [0.2, 0.25) is 0 Å². The Bertz CT molecular complexity index is 2330. The van der Waals surface area contributed by atoms with Crippen LogP contribution < -0.4 is 4.90 Å². The molecule has 1 nitrogen and oxygen atoms in total. The largest absolute Gasteiger partial charge is 0.310 e. The third kappa shape index (κ3) is 5.26. The monoisotopic (exact) mass is 643 g/mol. The van der Waals surface area contributed by atoms with E-state index in [9.17, 15) is 0 Å². The van der Waals surface area contributed by atoms with E-state index in [-0.39, 0.29) is 5.41 Å². The van der Waals surface area contributed by atoms with Crippen LogP contribution in [0.2, 0.25) is 0 Å². The van der Waals surface area contributed by atoms with Crippen LogP contribution in [0, 0.1) is 0 Å². The molecule has 242 valence electrons. The molecule has 2 aliphatic rings. The molecule has 0 N–H and O–H groups in total. The topological polar surface area (TPSA) is 3.24 Å². The van der Waals surface area contributed by atoms with Gasteiger partial charge in [0.15, 0.2) is 0 Å². The molecular formula is C49H41N. The number of para-hydroxylation sites is 1. The van der Waals surface area contributed by atoms with E-state index in [4.69, 9.17) is 0 Å². The van der Waals surface area contributed by atoms with Gasteiger partial charge in [0.1, 0.15) is 0 Å². The van der Waals surface area contributed by atoms with Crippen molar-refractivity contribution in [3.8, 4) is 44.5 Å². The minimum Gasteiger partial charge on any atom is -0.310 e. The van der Waals surface area contributed by atoms with Crippen LogP contribution in [0.1, 0.15) is 48.9 Å². The van der Waals surface area contributed by atoms with Gasteiger partial charge in [-0.3, -0.25) is 0 Å². The van der Waals surface area contributed by atoms with E-state index < -0.39 is 0 Å². The quantitative estimate of drug-likeness (QED) is 0.174. The maximum atomic E-state index is 2.44. The Balaban J connectivity index is 1.10. The number of rotatable bonds is 6. The zero-order valence-electron chi connectivity index (χ0n) is 28.9. The van der Waals surface area contributed by atoms with Gasteiger partial charge in [0.05, 0.1) is 5.69 Å². The zero-order valence-corrected chi connectivity index (χ0v) is 28.9. The highest BCUT2D eigenvalue weighted by atomic mass is 15.1. The summed E-state index contributed by atoms with van der Waals surface area (Å²) in [6, 6.07) is 60.7. The van der Waals surface area contributed by atoms with Gasteiger partial charge >= 0.3 is 0 Å². The zero-order chi connectivity index (χ0) is 33.7. The summed E-state index contributed by atoms with van der Waals surface area (Å²) in [5.41, 5.74) is 19.3. The summed E-state index contributed by atoms with van der Waals surface area (Å²) in [7, 11) is 0. The summed E-state index contributed by atoms with van der Waals surface area (Å²) in [6.07, 6.45) is 5.05. The summed E-state index contributed by atoms with van der Waals surface area (Å²) < 4.78 is 0. The molecule has 0 aliphatic heterocycles. The number of hydrogen-bond acceptors (Lipinski definition) is 1. The SMILES string of the molecule is CC1(C)c2ccccc2-c2ccc(N(c3ccc(-c4ccc(-c5ccc6c(c5)CCCC6)cc4)cc3)c3ccccc3-c3ccccc3)cc21. The third-order valence-corrected chi connectivity index (χ3v) is 11.1. The first-order valence-corrected chi connectivity index (χ1v) is 18.1. The second-order valence-electron chi connectivity index (χ2n) is 14.4. The van der Waals surface area contributed by atoms with Crippen LogP contribution >= 0.6 is 0 Å². The van der Waals surface area contributed by atoms with Gasteiger partial charge in [0, 0.05) is 22.4 Å². The lowest BCUT2D eigenvalue weighted by molar-refractivity contribution is 0.660. The van der Waals surface area contributed by atoms with Crippen molar-refractivity contribution < 1.29 is 0 Å². The smallest absolute Gasteiger partial charge is 0.0540 e. The van der Waals surface area contributed by atoms with Crippen LogP contribution in [-0.2, 0) is 18.3 Å². The molecule has 0 amide bonds. The van der Waals surface area contributed by atoms with E-state index in [1.54, 1.807) is 0 Å². The molecule has 2 aliphatic carbocycles. The Labute approximate surface area is 296 Å². The molecule has 1 heteroatoms.